The van der Waals surface area contributed by atoms with E-state index in [0.717, 1.165) is 0 Å². The molecular weight excluding hydrogens is 244 g/mol. The largest absolute Gasteiger partial charge is 0.399 e. The number of nitrogen functional groups attached to an aromatic ring is 1. The molecule has 0 unspecified atom stereocenters. The van der Waals surface area contributed by atoms with E-state index in [1.807, 2.05) is 6.92 Å². The van der Waals surface area contributed by atoms with Crippen molar-refractivity contribution in [2.24, 2.45) is 0 Å². The lowest BCUT2D eigenvalue weighted by atomic mass is 10.3. The molecule has 0 radical (unpaired) electrons. The third-order valence-corrected chi connectivity index (χ3v) is 2.65. The maximum atomic E-state index is 11.8. The summed E-state index contributed by atoms with van der Waals surface area (Å²) in [6.07, 6.45) is 0. The van der Waals surface area contributed by atoms with E-state index in [-0.39, 0.29) is 24.9 Å². The van der Waals surface area contributed by atoms with Gasteiger partial charge in [0.1, 0.15) is 0 Å². The highest BCUT2D eigenvalue weighted by Gasteiger charge is 2.12. The van der Waals surface area contributed by atoms with Crippen LogP contribution in [0.15, 0.2) is 24.3 Å². The fourth-order valence-electron chi connectivity index (χ4n) is 1.53. The number of benzene rings is 1. The molecule has 104 valence electrons. The van der Waals surface area contributed by atoms with E-state index in [4.69, 9.17) is 5.73 Å². The van der Waals surface area contributed by atoms with Crippen LogP contribution in [-0.4, -0.2) is 43.4 Å². The summed E-state index contributed by atoms with van der Waals surface area (Å²) in [7, 11) is 1.57. The van der Waals surface area contributed by atoms with Crippen molar-refractivity contribution in [3.8, 4) is 0 Å². The Morgan fingerprint density at radius 3 is 2.26 bits per heavy atom. The molecule has 1 aromatic rings. The first-order chi connectivity index (χ1) is 9.05. The number of nitrogens with zero attached hydrogens (tertiary/aromatic N) is 1. The minimum atomic E-state index is -0.157. The standard InChI is InChI=1S/C13H20N4O2/c1-3-17(8-12(18)15-2)9-13(19)16-11-6-4-10(14)5-7-11/h4-7H,3,8-9,14H2,1-2H3,(H,15,18)(H,16,19). The first-order valence-corrected chi connectivity index (χ1v) is 6.13. The molecule has 0 saturated carbocycles. The molecule has 4 N–H and O–H groups in total. The number of amides is 2. The molecule has 0 fully saturated rings. The first kappa shape index (κ1) is 15.0. The topological polar surface area (TPSA) is 87.5 Å². The van der Waals surface area contributed by atoms with Gasteiger partial charge in [0, 0.05) is 18.4 Å². The Morgan fingerprint density at radius 2 is 1.74 bits per heavy atom. The summed E-state index contributed by atoms with van der Waals surface area (Å²) in [5.41, 5.74) is 6.90. The highest BCUT2D eigenvalue weighted by Crippen LogP contribution is 2.10. The van der Waals surface area contributed by atoms with E-state index in [1.54, 1.807) is 36.2 Å². The minimum absolute atomic E-state index is 0.109. The molecule has 19 heavy (non-hydrogen) atoms. The molecule has 0 atom stereocenters. The van der Waals surface area contributed by atoms with Gasteiger partial charge in [-0.2, -0.15) is 0 Å². The lowest BCUT2D eigenvalue weighted by molar-refractivity contribution is -0.123. The smallest absolute Gasteiger partial charge is 0.238 e. The van der Waals surface area contributed by atoms with Gasteiger partial charge >= 0.3 is 0 Å². The molecule has 2 amide bonds. The van der Waals surface area contributed by atoms with Gasteiger partial charge < -0.3 is 16.4 Å². The molecule has 0 aromatic heterocycles. The number of carbonyl (C=O) groups excluding carboxylic acids is 2. The van der Waals surface area contributed by atoms with E-state index in [2.05, 4.69) is 10.6 Å². The Kier molecular flexibility index (Phi) is 5.81. The summed E-state index contributed by atoms with van der Waals surface area (Å²) in [5, 5.41) is 5.29. The van der Waals surface area contributed by atoms with Crippen LogP contribution in [0.3, 0.4) is 0 Å². The molecule has 0 spiro atoms. The van der Waals surface area contributed by atoms with Crippen LogP contribution in [0, 0.1) is 0 Å². The number of likely N-dealkylation sites (N-methyl/N-ethyl adjacent to an activating group) is 2. The highest BCUT2D eigenvalue weighted by molar-refractivity contribution is 5.92. The molecule has 6 nitrogen and oxygen atoms in total. The molecule has 0 heterocycles. The monoisotopic (exact) mass is 264 g/mol. The van der Waals surface area contributed by atoms with Gasteiger partial charge in [-0.3, -0.25) is 14.5 Å². The van der Waals surface area contributed by atoms with Crippen molar-refractivity contribution in [2.45, 2.75) is 6.92 Å². The third-order valence-electron chi connectivity index (χ3n) is 2.65. The number of nitrogens with two attached hydrogens (primary N) is 1. The summed E-state index contributed by atoms with van der Waals surface area (Å²) in [4.78, 5) is 24.8. The lowest BCUT2D eigenvalue weighted by Crippen LogP contribution is -2.40. The summed E-state index contributed by atoms with van der Waals surface area (Å²) in [6.45, 7) is 2.92. The van der Waals surface area contributed by atoms with Crippen molar-refractivity contribution in [2.75, 3.05) is 37.7 Å². The number of hydrogen-bond acceptors (Lipinski definition) is 4. The number of anilines is 2. The van der Waals surface area contributed by atoms with Crippen LogP contribution in [0.5, 0.6) is 0 Å². The molecule has 6 heteroatoms. The van der Waals surface area contributed by atoms with Crippen molar-refractivity contribution in [3.05, 3.63) is 24.3 Å². The number of rotatable bonds is 6. The predicted molar refractivity (Wildman–Crippen MR) is 75.7 cm³/mol. The molecule has 0 saturated heterocycles. The predicted octanol–water partition coefficient (Wildman–Crippen LogP) is 0.275. The maximum Gasteiger partial charge on any atom is 0.238 e. The van der Waals surface area contributed by atoms with E-state index < -0.39 is 0 Å². The van der Waals surface area contributed by atoms with Crippen LogP contribution in [-0.2, 0) is 9.59 Å². The third kappa shape index (κ3) is 5.39. The van der Waals surface area contributed by atoms with E-state index in [0.29, 0.717) is 17.9 Å². The second kappa shape index (κ2) is 7.38. The molecular formula is C13H20N4O2. The number of hydrogen-bond donors (Lipinski definition) is 3. The van der Waals surface area contributed by atoms with E-state index in [9.17, 15) is 9.59 Å². The van der Waals surface area contributed by atoms with Gasteiger partial charge in [0.25, 0.3) is 0 Å². The SMILES string of the molecule is CCN(CC(=O)NC)CC(=O)Nc1ccc(N)cc1. The zero-order valence-corrected chi connectivity index (χ0v) is 11.3. The van der Waals surface area contributed by atoms with Gasteiger partial charge in [-0.25, -0.2) is 0 Å². The molecule has 0 aliphatic heterocycles. The van der Waals surface area contributed by atoms with E-state index in [1.165, 1.54) is 0 Å². The van der Waals surface area contributed by atoms with Crippen LogP contribution >= 0.6 is 0 Å². The summed E-state index contributed by atoms with van der Waals surface area (Å²) < 4.78 is 0. The average molecular weight is 264 g/mol. The van der Waals surface area contributed by atoms with Crippen molar-refractivity contribution in [1.82, 2.24) is 10.2 Å². The normalized spacial score (nSPS) is 10.3. The zero-order chi connectivity index (χ0) is 14.3. The van der Waals surface area contributed by atoms with Gasteiger partial charge in [0.2, 0.25) is 11.8 Å². The van der Waals surface area contributed by atoms with Gasteiger partial charge in [0.15, 0.2) is 0 Å². The Morgan fingerprint density at radius 1 is 1.16 bits per heavy atom. The summed E-state index contributed by atoms with van der Waals surface area (Å²) in [6, 6.07) is 6.92. The minimum Gasteiger partial charge on any atom is -0.399 e. The van der Waals surface area contributed by atoms with E-state index >= 15 is 0 Å². The Hall–Kier alpha value is -2.08. The number of nitrogens with one attached hydrogen (secondary N) is 2. The lowest BCUT2D eigenvalue weighted by Gasteiger charge is -2.18. The van der Waals surface area contributed by atoms with Gasteiger partial charge in [-0.05, 0) is 30.8 Å². The first-order valence-electron chi connectivity index (χ1n) is 6.13. The number of carbonyl (C=O) groups is 2. The Bertz CT molecular complexity index is 431. The average Bonchev–Trinajstić information content (AvgIpc) is 2.40. The zero-order valence-electron chi connectivity index (χ0n) is 11.3. The van der Waals surface area contributed by atoms with Crippen molar-refractivity contribution in [1.29, 1.82) is 0 Å². The second-order valence-corrected chi connectivity index (χ2v) is 4.15. The van der Waals surface area contributed by atoms with Crippen LogP contribution in [0.4, 0.5) is 11.4 Å². The fourth-order valence-corrected chi connectivity index (χ4v) is 1.53. The molecule has 0 aliphatic rings. The highest BCUT2D eigenvalue weighted by atomic mass is 16.2. The molecule has 1 aromatic carbocycles. The maximum absolute atomic E-state index is 11.8. The second-order valence-electron chi connectivity index (χ2n) is 4.15. The van der Waals surface area contributed by atoms with Crippen LogP contribution in [0.2, 0.25) is 0 Å². The van der Waals surface area contributed by atoms with Crippen molar-refractivity contribution in [3.63, 3.8) is 0 Å². The Balaban J connectivity index is 2.49. The van der Waals surface area contributed by atoms with Crippen molar-refractivity contribution >= 4 is 23.2 Å². The van der Waals surface area contributed by atoms with Gasteiger partial charge in [0.05, 0.1) is 13.1 Å². The van der Waals surface area contributed by atoms with Crippen LogP contribution < -0.4 is 16.4 Å². The summed E-state index contributed by atoms with van der Waals surface area (Å²) >= 11 is 0. The fraction of sp³-hybridized carbons (Fsp3) is 0.385. The van der Waals surface area contributed by atoms with Gasteiger partial charge in [-0.15, -0.1) is 0 Å². The molecule has 1 rings (SSSR count). The quantitative estimate of drug-likeness (QED) is 0.644. The molecule has 0 bridgehead atoms. The van der Waals surface area contributed by atoms with Crippen molar-refractivity contribution < 1.29 is 9.59 Å². The van der Waals surface area contributed by atoms with Crippen LogP contribution in [0.25, 0.3) is 0 Å². The Labute approximate surface area is 113 Å². The summed E-state index contributed by atoms with van der Waals surface area (Å²) in [5.74, 6) is -0.266. The van der Waals surface area contributed by atoms with Gasteiger partial charge in [-0.1, -0.05) is 6.92 Å². The molecule has 0 aliphatic carbocycles. The van der Waals surface area contributed by atoms with Crippen LogP contribution in [0.1, 0.15) is 6.92 Å².